The molecule has 3 aromatic rings. The number of nitrogens with zero attached hydrogens (tertiary/aromatic N) is 2. The highest BCUT2D eigenvalue weighted by Crippen LogP contribution is 2.25. The van der Waals surface area contributed by atoms with Crippen LogP contribution in [0.3, 0.4) is 0 Å². The fourth-order valence-corrected chi connectivity index (χ4v) is 4.38. The van der Waals surface area contributed by atoms with E-state index in [0.717, 1.165) is 22.5 Å². The zero-order chi connectivity index (χ0) is 23.9. The minimum absolute atomic E-state index is 0.189. The Morgan fingerprint density at radius 3 is 2.44 bits per heavy atom. The second-order valence-corrected chi connectivity index (χ2v) is 8.98. The Morgan fingerprint density at radius 1 is 1.03 bits per heavy atom. The van der Waals surface area contributed by atoms with Crippen LogP contribution < -0.4 is 10.6 Å². The number of esters is 1. The van der Waals surface area contributed by atoms with E-state index in [1.165, 1.54) is 11.3 Å². The number of benzene rings is 2. The molecule has 0 aliphatic carbocycles. The first-order valence-corrected chi connectivity index (χ1v) is 12.0. The van der Waals surface area contributed by atoms with Crippen LogP contribution in [0.4, 0.5) is 15.6 Å². The van der Waals surface area contributed by atoms with Crippen molar-refractivity contribution in [1.29, 1.82) is 0 Å². The molecule has 1 fully saturated rings. The number of aromatic nitrogens is 1. The Labute approximate surface area is 202 Å². The number of likely N-dealkylation sites (tertiary alicyclic amines) is 1. The lowest BCUT2D eigenvalue weighted by Crippen LogP contribution is -2.43. The number of thiazole rings is 1. The molecule has 2 aromatic carbocycles. The third-order valence-corrected chi connectivity index (χ3v) is 6.34. The van der Waals surface area contributed by atoms with E-state index in [0.29, 0.717) is 31.1 Å². The normalized spacial score (nSPS) is 13.9. The van der Waals surface area contributed by atoms with Gasteiger partial charge in [0.2, 0.25) is 0 Å². The van der Waals surface area contributed by atoms with Gasteiger partial charge in [0.1, 0.15) is 0 Å². The van der Waals surface area contributed by atoms with Gasteiger partial charge in [-0.15, -0.1) is 11.3 Å². The lowest BCUT2D eigenvalue weighted by molar-refractivity contribution is -0.152. The topological polar surface area (TPSA) is 101 Å². The van der Waals surface area contributed by atoms with Gasteiger partial charge in [-0.2, -0.15) is 0 Å². The molecule has 3 amide bonds. The number of carbonyl (C=O) groups is 3. The molecule has 1 saturated heterocycles. The first-order valence-electron chi connectivity index (χ1n) is 11.1. The Balaban J connectivity index is 1.19. The molecule has 2 heterocycles. The van der Waals surface area contributed by atoms with E-state index in [1.807, 2.05) is 66.9 Å². The van der Waals surface area contributed by atoms with E-state index >= 15 is 0 Å². The number of amides is 3. The lowest BCUT2D eigenvalue weighted by atomic mass is 9.97. The third kappa shape index (κ3) is 6.20. The molecule has 0 bridgehead atoms. The van der Waals surface area contributed by atoms with Crippen molar-refractivity contribution in [2.24, 2.45) is 5.92 Å². The van der Waals surface area contributed by atoms with Gasteiger partial charge in [0, 0.05) is 29.7 Å². The molecule has 176 valence electrons. The van der Waals surface area contributed by atoms with E-state index in [1.54, 1.807) is 4.90 Å². The van der Waals surface area contributed by atoms with Gasteiger partial charge >= 0.3 is 12.0 Å². The van der Waals surface area contributed by atoms with Crippen LogP contribution in [0.2, 0.25) is 0 Å². The van der Waals surface area contributed by atoms with Crippen molar-refractivity contribution in [2.75, 3.05) is 30.3 Å². The Hall–Kier alpha value is -3.72. The minimum Gasteiger partial charge on any atom is -0.455 e. The maximum absolute atomic E-state index is 12.4. The number of nitrogens with one attached hydrogen (secondary N) is 2. The van der Waals surface area contributed by atoms with Crippen LogP contribution in [0, 0.1) is 12.8 Å². The molecule has 8 nitrogen and oxygen atoms in total. The SMILES string of the molecule is Cc1ccc(-c2csc(NC(=O)COC(=O)C3CCN(C(=O)Nc4ccccc4)CC3)n2)cc1. The first-order chi connectivity index (χ1) is 16.5. The van der Waals surface area contributed by atoms with E-state index in [-0.39, 0.29) is 18.6 Å². The first kappa shape index (κ1) is 23.4. The number of rotatable bonds is 6. The molecule has 0 radical (unpaired) electrons. The van der Waals surface area contributed by atoms with Gasteiger partial charge in [0.25, 0.3) is 5.91 Å². The van der Waals surface area contributed by atoms with Gasteiger partial charge in [-0.1, -0.05) is 48.0 Å². The molecule has 1 aliphatic rings. The van der Waals surface area contributed by atoms with Crippen molar-refractivity contribution in [3.8, 4) is 11.3 Å². The van der Waals surface area contributed by atoms with Gasteiger partial charge in [-0.05, 0) is 31.9 Å². The van der Waals surface area contributed by atoms with Crippen LogP contribution in [-0.2, 0) is 14.3 Å². The number of hydrogen-bond donors (Lipinski definition) is 2. The molecule has 4 rings (SSSR count). The molecule has 9 heteroatoms. The van der Waals surface area contributed by atoms with Crippen LogP contribution >= 0.6 is 11.3 Å². The maximum atomic E-state index is 12.4. The van der Waals surface area contributed by atoms with Crippen LogP contribution in [0.15, 0.2) is 60.0 Å². The molecule has 0 atom stereocenters. The van der Waals surface area contributed by atoms with Crippen LogP contribution in [0.25, 0.3) is 11.3 Å². The smallest absolute Gasteiger partial charge is 0.321 e. The van der Waals surface area contributed by atoms with Crippen molar-refractivity contribution >= 4 is 40.1 Å². The maximum Gasteiger partial charge on any atom is 0.321 e. The summed E-state index contributed by atoms with van der Waals surface area (Å²) in [5, 5.41) is 7.85. The summed E-state index contributed by atoms with van der Waals surface area (Å²) in [6.07, 6.45) is 0.990. The van der Waals surface area contributed by atoms with Gasteiger partial charge in [-0.3, -0.25) is 14.9 Å². The Bertz CT molecular complexity index is 1140. The highest BCUT2D eigenvalue weighted by Gasteiger charge is 2.29. The van der Waals surface area contributed by atoms with Gasteiger partial charge in [-0.25, -0.2) is 9.78 Å². The summed E-state index contributed by atoms with van der Waals surface area (Å²) in [5.74, 6) is -1.18. The number of anilines is 2. The van der Waals surface area contributed by atoms with Crippen molar-refractivity contribution in [2.45, 2.75) is 19.8 Å². The number of urea groups is 1. The average molecular weight is 479 g/mol. The zero-order valence-electron chi connectivity index (χ0n) is 18.8. The van der Waals surface area contributed by atoms with Crippen molar-refractivity contribution in [1.82, 2.24) is 9.88 Å². The lowest BCUT2D eigenvalue weighted by Gasteiger charge is -2.30. The van der Waals surface area contributed by atoms with Gasteiger partial charge in [0.15, 0.2) is 11.7 Å². The second-order valence-electron chi connectivity index (χ2n) is 8.12. The summed E-state index contributed by atoms with van der Waals surface area (Å²) >= 11 is 1.32. The van der Waals surface area contributed by atoms with E-state index in [2.05, 4.69) is 15.6 Å². The molecule has 0 spiro atoms. The molecular weight excluding hydrogens is 452 g/mol. The van der Waals surface area contributed by atoms with Crippen molar-refractivity contribution in [3.05, 3.63) is 65.5 Å². The standard InChI is InChI=1S/C25H26N4O4S/c1-17-7-9-18(10-8-17)21-16-34-24(27-21)28-22(30)15-33-23(31)19-11-13-29(14-12-19)25(32)26-20-5-3-2-4-6-20/h2-10,16,19H,11-15H2,1H3,(H,26,32)(H,27,28,30). The highest BCUT2D eigenvalue weighted by atomic mass is 32.1. The fourth-order valence-electron chi connectivity index (χ4n) is 3.64. The second kappa shape index (κ2) is 10.9. The summed E-state index contributed by atoms with van der Waals surface area (Å²) in [7, 11) is 0. The molecule has 34 heavy (non-hydrogen) atoms. The summed E-state index contributed by atoms with van der Waals surface area (Å²) < 4.78 is 5.22. The van der Waals surface area contributed by atoms with Gasteiger partial charge in [0.05, 0.1) is 11.6 Å². The van der Waals surface area contributed by atoms with Gasteiger partial charge < -0.3 is 15.0 Å². The van der Waals surface area contributed by atoms with E-state index < -0.39 is 11.9 Å². The number of carbonyl (C=O) groups excluding carboxylic acids is 3. The Kier molecular flexibility index (Phi) is 7.54. The average Bonchev–Trinajstić information content (AvgIpc) is 3.32. The molecule has 0 unspecified atom stereocenters. The predicted octanol–water partition coefficient (Wildman–Crippen LogP) is 4.54. The van der Waals surface area contributed by atoms with Crippen LogP contribution in [0.1, 0.15) is 18.4 Å². The largest absolute Gasteiger partial charge is 0.455 e. The summed E-state index contributed by atoms with van der Waals surface area (Å²) in [4.78, 5) is 43.1. The third-order valence-electron chi connectivity index (χ3n) is 5.58. The number of ether oxygens (including phenoxy) is 1. The molecule has 0 saturated carbocycles. The number of piperidine rings is 1. The van der Waals surface area contributed by atoms with E-state index in [4.69, 9.17) is 4.74 Å². The zero-order valence-corrected chi connectivity index (χ0v) is 19.6. The molecule has 1 aliphatic heterocycles. The highest BCUT2D eigenvalue weighted by molar-refractivity contribution is 7.14. The number of para-hydroxylation sites is 1. The summed E-state index contributed by atoms with van der Waals surface area (Å²) in [5.41, 5.74) is 3.64. The van der Waals surface area contributed by atoms with Crippen molar-refractivity contribution < 1.29 is 19.1 Å². The van der Waals surface area contributed by atoms with Crippen LogP contribution in [-0.4, -0.2) is 47.5 Å². The van der Waals surface area contributed by atoms with Crippen LogP contribution in [0.5, 0.6) is 0 Å². The molecule has 2 N–H and O–H groups in total. The predicted molar refractivity (Wildman–Crippen MR) is 132 cm³/mol. The van der Waals surface area contributed by atoms with E-state index in [9.17, 15) is 14.4 Å². The quantitative estimate of drug-likeness (QED) is 0.507. The minimum atomic E-state index is -0.433. The fraction of sp³-hybridized carbons (Fsp3) is 0.280. The number of hydrogen-bond acceptors (Lipinski definition) is 6. The monoisotopic (exact) mass is 478 g/mol. The van der Waals surface area contributed by atoms with Crippen molar-refractivity contribution in [3.63, 3.8) is 0 Å². The summed E-state index contributed by atoms with van der Waals surface area (Å²) in [6.45, 7) is 2.55. The molecule has 1 aromatic heterocycles. The molecular formula is C25H26N4O4S. The Morgan fingerprint density at radius 2 is 1.74 bits per heavy atom. The number of aryl methyl sites for hydroxylation is 1. The summed E-state index contributed by atoms with van der Waals surface area (Å²) in [6, 6.07) is 17.0.